The number of rotatable bonds is 7. The SMILES string of the molecule is CCCOC(=O)[C@H](C(C)C)N(COC)C(=O)OC(C)(C)C. The molecule has 0 bridgehead atoms. The summed E-state index contributed by atoms with van der Waals surface area (Å²) >= 11 is 0. The molecule has 6 nitrogen and oxygen atoms in total. The van der Waals surface area contributed by atoms with Crippen molar-refractivity contribution in [1.29, 1.82) is 0 Å². The minimum Gasteiger partial charge on any atom is -0.464 e. The van der Waals surface area contributed by atoms with Gasteiger partial charge in [0.05, 0.1) is 6.61 Å². The fourth-order valence-electron chi connectivity index (χ4n) is 1.75. The molecule has 0 fully saturated rings. The maximum absolute atomic E-state index is 12.3. The Morgan fingerprint density at radius 3 is 2.14 bits per heavy atom. The van der Waals surface area contributed by atoms with E-state index in [0.717, 1.165) is 6.42 Å². The molecule has 0 aliphatic heterocycles. The molecule has 1 atom stereocenters. The van der Waals surface area contributed by atoms with Crippen molar-refractivity contribution in [3.05, 3.63) is 0 Å². The summed E-state index contributed by atoms with van der Waals surface area (Å²) in [5, 5.41) is 0. The number of nitrogens with zero attached hydrogens (tertiary/aromatic N) is 1. The van der Waals surface area contributed by atoms with Gasteiger partial charge in [-0.25, -0.2) is 9.59 Å². The second-order valence-corrected chi connectivity index (χ2v) is 6.22. The van der Waals surface area contributed by atoms with E-state index in [9.17, 15) is 9.59 Å². The number of ether oxygens (including phenoxy) is 3. The average Bonchev–Trinajstić information content (AvgIpc) is 2.33. The fourth-order valence-corrected chi connectivity index (χ4v) is 1.75. The molecular weight excluding hydrogens is 274 g/mol. The molecule has 0 aliphatic carbocycles. The third kappa shape index (κ3) is 7.32. The van der Waals surface area contributed by atoms with Gasteiger partial charge in [-0.3, -0.25) is 4.90 Å². The van der Waals surface area contributed by atoms with Crippen LogP contribution in [0.1, 0.15) is 48.0 Å². The van der Waals surface area contributed by atoms with Crippen molar-refractivity contribution in [2.45, 2.75) is 59.6 Å². The lowest BCUT2D eigenvalue weighted by molar-refractivity contribution is -0.154. The van der Waals surface area contributed by atoms with Gasteiger partial charge in [-0.15, -0.1) is 0 Å². The molecule has 0 saturated carbocycles. The Bertz CT molecular complexity index is 335. The lowest BCUT2D eigenvalue weighted by Crippen LogP contribution is -2.51. The van der Waals surface area contributed by atoms with Crippen molar-refractivity contribution < 1.29 is 23.8 Å². The first-order chi connectivity index (χ1) is 9.64. The lowest BCUT2D eigenvalue weighted by Gasteiger charge is -2.33. The van der Waals surface area contributed by atoms with Gasteiger partial charge < -0.3 is 14.2 Å². The fraction of sp³-hybridized carbons (Fsp3) is 0.867. The first kappa shape index (κ1) is 19.7. The number of carbonyl (C=O) groups excluding carboxylic acids is 2. The van der Waals surface area contributed by atoms with E-state index in [1.165, 1.54) is 12.0 Å². The minimum absolute atomic E-state index is 0.0288. The van der Waals surface area contributed by atoms with Gasteiger partial charge in [0.25, 0.3) is 0 Å². The molecule has 124 valence electrons. The van der Waals surface area contributed by atoms with Crippen LogP contribution in [0.25, 0.3) is 0 Å². The Kier molecular flexibility index (Phi) is 8.32. The highest BCUT2D eigenvalue weighted by atomic mass is 16.6. The van der Waals surface area contributed by atoms with Crippen LogP contribution in [0.4, 0.5) is 4.79 Å². The molecule has 1 amide bonds. The predicted octanol–water partition coefficient (Wildman–Crippen LogP) is 2.81. The van der Waals surface area contributed by atoms with Crippen LogP contribution in [0.5, 0.6) is 0 Å². The number of hydrogen-bond donors (Lipinski definition) is 0. The van der Waals surface area contributed by atoms with Gasteiger partial charge in [0, 0.05) is 7.11 Å². The molecule has 0 spiro atoms. The summed E-state index contributed by atoms with van der Waals surface area (Å²) in [5.74, 6) is -0.549. The van der Waals surface area contributed by atoms with Gasteiger partial charge in [0.1, 0.15) is 18.4 Å². The van der Waals surface area contributed by atoms with Gasteiger partial charge in [-0.2, -0.15) is 0 Å². The Morgan fingerprint density at radius 1 is 1.19 bits per heavy atom. The van der Waals surface area contributed by atoms with Crippen molar-refractivity contribution in [2.75, 3.05) is 20.4 Å². The van der Waals surface area contributed by atoms with E-state index < -0.39 is 23.7 Å². The second-order valence-electron chi connectivity index (χ2n) is 6.22. The third-order valence-corrected chi connectivity index (χ3v) is 2.55. The van der Waals surface area contributed by atoms with E-state index >= 15 is 0 Å². The van der Waals surface area contributed by atoms with Gasteiger partial charge in [0.15, 0.2) is 0 Å². The number of carbonyl (C=O) groups is 2. The van der Waals surface area contributed by atoms with E-state index in [1.54, 1.807) is 20.8 Å². The van der Waals surface area contributed by atoms with Crippen LogP contribution in [0, 0.1) is 5.92 Å². The summed E-state index contributed by atoms with van der Waals surface area (Å²) < 4.78 is 15.6. The normalized spacial score (nSPS) is 13.0. The van der Waals surface area contributed by atoms with E-state index in [0.29, 0.717) is 6.61 Å². The molecule has 0 unspecified atom stereocenters. The van der Waals surface area contributed by atoms with E-state index in [1.807, 2.05) is 20.8 Å². The van der Waals surface area contributed by atoms with Crippen LogP contribution >= 0.6 is 0 Å². The number of esters is 1. The second kappa shape index (κ2) is 8.87. The number of amides is 1. The maximum Gasteiger partial charge on any atom is 0.412 e. The van der Waals surface area contributed by atoms with Crippen molar-refractivity contribution in [2.24, 2.45) is 5.92 Å². The van der Waals surface area contributed by atoms with Crippen LogP contribution in [0.2, 0.25) is 0 Å². The minimum atomic E-state index is -0.730. The van der Waals surface area contributed by atoms with Crippen molar-refractivity contribution >= 4 is 12.1 Å². The summed E-state index contributed by atoms with van der Waals surface area (Å²) in [6.45, 7) is 11.2. The van der Waals surface area contributed by atoms with Crippen molar-refractivity contribution in [1.82, 2.24) is 4.90 Å². The quantitative estimate of drug-likeness (QED) is 0.534. The molecule has 0 saturated heterocycles. The van der Waals surface area contributed by atoms with Crippen LogP contribution in [-0.2, 0) is 19.0 Å². The van der Waals surface area contributed by atoms with Crippen molar-refractivity contribution in [3.63, 3.8) is 0 Å². The van der Waals surface area contributed by atoms with Crippen LogP contribution in [-0.4, -0.2) is 49.1 Å². The highest BCUT2D eigenvalue weighted by Crippen LogP contribution is 2.17. The molecule has 0 aromatic heterocycles. The summed E-state index contributed by atoms with van der Waals surface area (Å²) in [6.07, 6.45) is 0.143. The Morgan fingerprint density at radius 2 is 1.76 bits per heavy atom. The highest BCUT2D eigenvalue weighted by molar-refractivity contribution is 5.81. The van der Waals surface area contributed by atoms with E-state index in [2.05, 4.69) is 0 Å². The highest BCUT2D eigenvalue weighted by Gasteiger charge is 2.36. The first-order valence-corrected chi connectivity index (χ1v) is 7.29. The zero-order valence-electron chi connectivity index (χ0n) is 14.3. The van der Waals surface area contributed by atoms with Crippen LogP contribution in [0.15, 0.2) is 0 Å². The van der Waals surface area contributed by atoms with Gasteiger partial charge in [-0.1, -0.05) is 20.8 Å². The monoisotopic (exact) mass is 303 g/mol. The van der Waals surface area contributed by atoms with E-state index in [4.69, 9.17) is 14.2 Å². The summed E-state index contributed by atoms with van der Waals surface area (Å²) in [5.41, 5.74) is -0.641. The molecule has 0 aliphatic rings. The molecule has 0 aromatic carbocycles. The van der Waals surface area contributed by atoms with Crippen LogP contribution < -0.4 is 0 Å². The van der Waals surface area contributed by atoms with Crippen molar-refractivity contribution in [3.8, 4) is 0 Å². The summed E-state index contributed by atoms with van der Waals surface area (Å²) in [7, 11) is 1.46. The molecule has 0 aromatic rings. The Labute approximate surface area is 127 Å². The molecule has 0 rings (SSSR count). The van der Waals surface area contributed by atoms with Gasteiger partial charge in [0.2, 0.25) is 0 Å². The zero-order valence-corrected chi connectivity index (χ0v) is 14.3. The molecule has 0 heterocycles. The summed E-state index contributed by atoms with van der Waals surface area (Å²) in [4.78, 5) is 25.8. The predicted molar refractivity (Wildman–Crippen MR) is 79.8 cm³/mol. The summed E-state index contributed by atoms with van der Waals surface area (Å²) in [6, 6.07) is -0.730. The van der Waals surface area contributed by atoms with E-state index in [-0.39, 0.29) is 12.6 Å². The molecule has 6 heteroatoms. The lowest BCUT2D eigenvalue weighted by atomic mass is 10.0. The average molecular weight is 303 g/mol. The Balaban J connectivity index is 5.15. The van der Waals surface area contributed by atoms with Gasteiger partial charge >= 0.3 is 12.1 Å². The third-order valence-electron chi connectivity index (χ3n) is 2.55. The number of hydrogen-bond acceptors (Lipinski definition) is 5. The smallest absolute Gasteiger partial charge is 0.412 e. The standard InChI is InChI=1S/C15H29NO5/c1-8-9-20-13(17)12(11(2)3)16(10-19-7)14(18)21-15(4,5)6/h11-12H,8-10H2,1-7H3/t12-/m0/s1. The Hall–Kier alpha value is -1.30. The topological polar surface area (TPSA) is 65.1 Å². The molecular formula is C15H29NO5. The largest absolute Gasteiger partial charge is 0.464 e. The first-order valence-electron chi connectivity index (χ1n) is 7.29. The number of methoxy groups -OCH3 is 1. The molecule has 21 heavy (non-hydrogen) atoms. The zero-order chi connectivity index (χ0) is 16.6. The molecule has 0 radical (unpaired) electrons. The molecule has 0 N–H and O–H groups in total. The maximum atomic E-state index is 12.3. The van der Waals surface area contributed by atoms with Gasteiger partial charge in [-0.05, 0) is 33.1 Å². The van der Waals surface area contributed by atoms with Crippen LogP contribution in [0.3, 0.4) is 0 Å².